The highest BCUT2D eigenvalue weighted by Gasteiger charge is 2.07. The van der Waals surface area contributed by atoms with E-state index in [1.165, 1.54) is 0 Å². The fraction of sp³-hybridized carbons (Fsp3) is 0.125. The van der Waals surface area contributed by atoms with Crippen molar-refractivity contribution in [3.05, 3.63) is 77.0 Å². The van der Waals surface area contributed by atoms with Gasteiger partial charge in [0.05, 0.1) is 6.42 Å². The first-order chi connectivity index (χ1) is 10.3. The summed E-state index contributed by atoms with van der Waals surface area (Å²) in [5, 5.41) is 8.67. The molecule has 3 aromatic rings. The number of nitrogens with zero attached hydrogens (tertiary/aromatic N) is 2. The van der Waals surface area contributed by atoms with Crippen LogP contribution >= 0.6 is 11.6 Å². The van der Waals surface area contributed by atoms with Gasteiger partial charge in [0.15, 0.2) is 6.61 Å². The van der Waals surface area contributed by atoms with Crippen LogP contribution in [0.4, 0.5) is 0 Å². The van der Waals surface area contributed by atoms with Crippen LogP contribution in [-0.2, 0) is 13.0 Å². The minimum Gasteiger partial charge on any atom is -0.484 e. The Morgan fingerprint density at radius 1 is 0.905 bits per heavy atom. The summed E-state index contributed by atoms with van der Waals surface area (Å²) in [7, 11) is 0. The summed E-state index contributed by atoms with van der Waals surface area (Å²) in [5.74, 6) is 1.74. The van der Waals surface area contributed by atoms with E-state index in [0.717, 1.165) is 5.56 Å². The van der Waals surface area contributed by atoms with Gasteiger partial charge in [-0.3, -0.25) is 0 Å². The van der Waals surface area contributed by atoms with E-state index in [1.54, 1.807) is 24.3 Å². The molecule has 0 aliphatic rings. The first-order valence-electron chi connectivity index (χ1n) is 6.53. The molecule has 0 bridgehead atoms. The molecule has 0 radical (unpaired) electrons. The third kappa shape index (κ3) is 3.83. The third-order valence-corrected chi connectivity index (χ3v) is 3.13. The molecule has 106 valence electrons. The Kier molecular flexibility index (Phi) is 4.17. The Bertz CT molecular complexity index is 696. The van der Waals surface area contributed by atoms with Gasteiger partial charge in [-0.25, -0.2) is 0 Å². The molecule has 0 atom stereocenters. The molecule has 2 aromatic carbocycles. The van der Waals surface area contributed by atoms with Crippen LogP contribution in [0.25, 0.3) is 0 Å². The fourth-order valence-electron chi connectivity index (χ4n) is 1.86. The number of aromatic nitrogens is 2. The van der Waals surface area contributed by atoms with Crippen LogP contribution in [0, 0.1) is 0 Å². The van der Waals surface area contributed by atoms with Crippen LogP contribution in [0.1, 0.15) is 17.3 Å². The van der Waals surface area contributed by atoms with Crippen LogP contribution in [-0.4, -0.2) is 10.2 Å². The normalized spacial score (nSPS) is 10.5. The molecule has 0 saturated heterocycles. The molecule has 5 heteroatoms. The predicted octanol–water partition coefficient (Wildman–Crippen LogP) is 3.89. The second kappa shape index (κ2) is 6.41. The Morgan fingerprint density at radius 2 is 1.62 bits per heavy atom. The lowest BCUT2D eigenvalue weighted by Crippen LogP contribution is -1.95. The van der Waals surface area contributed by atoms with Crippen LogP contribution < -0.4 is 4.74 Å². The third-order valence-electron chi connectivity index (χ3n) is 2.88. The number of hydrogen-bond acceptors (Lipinski definition) is 4. The minimum absolute atomic E-state index is 0.240. The molecule has 0 aliphatic heterocycles. The van der Waals surface area contributed by atoms with Crippen LogP contribution in [0.15, 0.2) is 59.0 Å². The lowest BCUT2D eigenvalue weighted by molar-refractivity contribution is 0.259. The standard InChI is InChI=1S/C16H13ClN2O2/c17-13-6-8-14(9-7-13)20-11-16-19-18-15(21-16)10-12-4-2-1-3-5-12/h1-9H,10-11H2. The summed E-state index contributed by atoms with van der Waals surface area (Å²) in [6.07, 6.45) is 0.620. The lowest BCUT2D eigenvalue weighted by atomic mass is 10.2. The lowest BCUT2D eigenvalue weighted by Gasteiger charge is -2.02. The van der Waals surface area contributed by atoms with Crippen LogP contribution in [0.2, 0.25) is 5.02 Å². The van der Waals surface area contributed by atoms with Gasteiger partial charge >= 0.3 is 0 Å². The summed E-state index contributed by atoms with van der Waals surface area (Å²) in [5.41, 5.74) is 1.13. The van der Waals surface area contributed by atoms with Crippen molar-refractivity contribution in [1.82, 2.24) is 10.2 Å². The molecular formula is C16H13ClN2O2. The van der Waals surface area contributed by atoms with Crippen molar-refractivity contribution in [3.8, 4) is 5.75 Å². The number of hydrogen-bond donors (Lipinski definition) is 0. The van der Waals surface area contributed by atoms with E-state index in [0.29, 0.717) is 29.0 Å². The van der Waals surface area contributed by atoms with E-state index >= 15 is 0 Å². The molecule has 1 aromatic heterocycles. The molecule has 0 fully saturated rings. The number of rotatable bonds is 5. The fourth-order valence-corrected chi connectivity index (χ4v) is 1.99. The van der Waals surface area contributed by atoms with Crippen molar-refractivity contribution >= 4 is 11.6 Å². The number of benzene rings is 2. The average Bonchev–Trinajstić information content (AvgIpc) is 2.95. The maximum atomic E-state index is 5.81. The van der Waals surface area contributed by atoms with Gasteiger partial charge < -0.3 is 9.15 Å². The quantitative estimate of drug-likeness (QED) is 0.717. The molecule has 3 rings (SSSR count). The van der Waals surface area contributed by atoms with Crippen molar-refractivity contribution in [3.63, 3.8) is 0 Å². The van der Waals surface area contributed by atoms with Crippen molar-refractivity contribution in [2.45, 2.75) is 13.0 Å². The van der Waals surface area contributed by atoms with Crippen molar-refractivity contribution in [2.24, 2.45) is 0 Å². The van der Waals surface area contributed by atoms with Gasteiger partial charge in [0.1, 0.15) is 5.75 Å². The largest absolute Gasteiger partial charge is 0.484 e. The Balaban J connectivity index is 1.59. The van der Waals surface area contributed by atoms with Gasteiger partial charge in [-0.1, -0.05) is 41.9 Å². The van der Waals surface area contributed by atoms with Gasteiger partial charge in [-0.15, -0.1) is 10.2 Å². The molecule has 0 spiro atoms. The van der Waals surface area contributed by atoms with E-state index in [-0.39, 0.29) is 6.61 Å². The minimum atomic E-state index is 0.240. The highest BCUT2D eigenvalue weighted by atomic mass is 35.5. The molecule has 0 aliphatic carbocycles. The van der Waals surface area contributed by atoms with E-state index < -0.39 is 0 Å². The van der Waals surface area contributed by atoms with E-state index in [4.69, 9.17) is 20.8 Å². The van der Waals surface area contributed by atoms with Crippen molar-refractivity contribution < 1.29 is 9.15 Å². The maximum Gasteiger partial charge on any atom is 0.253 e. The second-order valence-electron chi connectivity index (χ2n) is 4.49. The summed E-state index contributed by atoms with van der Waals surface area (Å²) >= 11 is 5.81. The van der Waals surface area contributed by atoms with Crippen molar-refractivity contribution in [2.75, 3.05) is 0 Å². The molecule has 21 heavy (non-hydrogen) atoms. The van der Waals surface area contributed by atoms with E-state index in [9.17, 15) is 0 Å². The SMILES string of the molecule is Clc1ccc(OCc2nnc(Cc3ccccc3)o2)cc1. The van der Waals surface area contributed by atoms with Gasteiger partial charge in [0.2, 0.25) is 5.89 Å². The summed E-state index contributed by atoms with van der Waals surface area (Å²) in [6, 6.07) is 17.1. The summed E-state index contributed by atoms with van der Waals surface area (Å²) < 4.78 is 11.1. The first-order valence-corrected chi connectivity index (χ1v) is 6.91. The zero-order valence-corrected chi connectivity index (χ0v) is 12.0. The van der Waals surface area contributed by atoms with Crippen LogP contribution in [0.5, 0.6) is 5.75 Å². The average molecular weight is 301 g/mol. The van der Waals surface area contributed by atoms with Crippen molar-refractivity contribution in [1.29, 1.82) is 0 Å². The first kappa shape index (κ1) is 13.6. The predicted molar refractivity (Wildman–Crippen MR) is 79.3 cm³/mol. The molecule has 4 nitrogen and oxygen atoms in total. The Morgan fingerprint density at radius 3 is 2.38 bits per heavy atom. The molecule has 1 heterocycles. The van der Waals surface area contributed by atoms with Gasteiger partial charge in [0, 0.05) is 5.02 Å². The number of ether oxygens (including phenoxy) is 1. The Labute approximate surface area is 127 Å². The Hall–Kier alpha value is -2.33. The molecule has 0 saturated carbocycles. The molecule has 0 N–H and O–H groups in total. The van der Waals surface area contributed by atoms with E-state index in [2.05, 4.69) is 10.2 Å². The highest BCUT2D eigenvalue weighted by Crippen LogP contribution is 2.17. The van der Waals surface area contributed by atoms with Gasteiger partial charge in [-0.05, 0) is 29.8 Å². The van der Waals surface area contributed by atoms with Crippen LogP contribution in [0.3, 0.4) is 0 Å². The molecule has 0 amide bonds. The van der Waals surface area contributed by atoms with Gasteiger partial charge in [-0.2, -0.15) is 0 Å². The zero-order valence-electron chi connectivity index (χ0n) is 11.2. The summed E-state index contributed by atoms with van der Waals surface area (Å²) in [4.78, 5) is 0. The number of halogens is 1. The van der Waals surface area contributed by atoms with E-state index in [1.807, 2.05) is 30.3 Å². The summed E-state index contributed by atoms with van der Waals surface area (Å²) in [6.45, 7) is 0.240. The highest BCUT2D eigenvalue weighted by molar-refractivity contribution is 6.30. The van der Waals surface area contributed by atoms with Gasteiger partial charge in [0.25, 0.3) is 5.89 Å². The smallest absolute Gasteiger partial charge is 0.253 e. The zero-order chi connectivity index (χ0) is 14.5. The molecule has 0 unspecified atom stereocenters. The maximum absolute atomic E-state index is 5.81. The monoisotopic (exact) mass is 300 g/mol. The second-order valence-corrected chi connectivity index (χ2v) is 4.93. The topological polar surface area (TPSA) is 48.2 Å². The molecular weight excluding hydrogens is 288 g/mol.